The van der Waals surface area contributed by atoms with Gasteiger partial charge in [0, 0.05) is 17.1 Å². The average Bonchev–Trinajstić information content (AvgIpc) is 2.67. The first-order valence-corrected chi connectivity index (χ1v) is 6.06. The van der Waals surface area contributed by atoms with E-state index < -0.39 is 11.7 Å². The first-order chi connectivity index (χ1) is 8.92. The molecule has 0 saturated carbocycles. The van der Waals surface area contributed by atoms with Gasteiger partial charge in [-0.05, 0) is 26.8 Å². The predicted molar refractivity (Wildman–Crippen MR) is 72.5 cm³/mol. The minimum absolute atomic E-state index is 0.246. The zero-order chi connectivity index (χ0) is 14.0. The number of fused-ring (bicyclic) bond motifs is 1. The molecule has 0 amide bonds. The summed E-state index contributed by atoms with van der Waals surface area (Å²) in [6.07, 6.45) is 1.29. The van der Waals surface area contributed by atoms with E-state index in [-0.39, 0.29) is 6.61 Å². The van der Waals surface area contributed by atoms with Crippen molar-refractivity contribution >= 4 is 17.0 Å². The molecule has 0 radical (unpaired) electrons. The van der Waals surface area contributed by atoms with Gasteiger partial charge in [0.2, 0.25) is 0 Å². The number of nitrogens with zero attached hydrogens (tertiary/aromatic N) is 1. The summed E-state index contributed by atoms with van der Waals surface area (Å²) in [5, 5.41) is 0.929. The highest BCUT2D eigenvalue weighted by Gasteiger charge is 2.20. The molecule has 0 atom stereocenters. The molecule has 1 aromatic heterocycles. The van der Waals surface area contributed by atoms with Crippen LogP contribution >= 0.6 is 0 Å². The summed E-state index contributed by atoms with van der Waals surface area (Å²) in [5.74, 6) is 5.11. The maximum Gasteiger partial charge on any atom is 0.419 e. The molecule has 0 unspecified atom stereocenters. The minimum Gasteiger partial charge on any atom is -0.443 e. The molecule has 1 aromatic carbocycles. The first-order valence-electron chi connectivity index (χ1n) is 6.06. The Balaban J connectivity index is 2.46. The van der Waals surface area contributed by atoms with Crippen LogP contribution in [-0.4, -0.2) is 16.3 Å². The molecule has 2 aromatic rings. The van der Waals surface area contributed by atoms with Gasteiger partial charge in [-0.2, -0.15) is 0 Å². The second-order valence-corrected chi connectivity index (χ2v) is 5.33. The third-order valence-corrected chi connectivity index (χ3v) is 2.62. The molecule has 1 heterocycles. The molecular formula is C14H18N2O3. The molecule has 0 saturated heterocycles. The smallest absolute Gasteiger partial charge is 0.419 e. The topological polar surface area (TPSA) is 66.5 Å². The van der Waals surface area contributed by atoms with Crippen LogP contribution in [0.2, 0.25) is 0 Å². The molecule has 0 bridgehead atoms. The number of aromatic nitrogens is 1. The number of ether oxygens (including phenoxy) is 1. The lowest BCUT2D eigenvalue weighted by molar-refractivity contribution is 0.0543. The number of carbonyl (C=O) groups is 1. The average molecular weight is 262 g/mol. The molecule has 102 valence electrons. The van der Waals surface area contributed by atoms with Crippen molar-refractivity contribution in [1.82, 2.24) is 4.57 Å². The molecule has 2 N–H and O–H groups in total. The van der Waals surface area contributed by atoms with Crippen LogP contribution < -0.4 is 5.90 Å². The lowest BCUT2D eigenvalue weighted by Crippen LogP contribution is -2.26. The Labute approximate surface area is 111 Å². The van der Waals surface area contributed by atoms with E-state index in [1.54, 1.807) is 6.20 Å². The molecule has 5 heteroatoms. The molecule has 0 aliphatic carbocycles. The molecule has 19 heavy (non-hydrogen) atoms. The number of hydrogen-bond donors (Lipinski definition) is 1. The summed E-state index contributed by atoms with van der Waals surface area (Å²) in [4.78, 5) is 16.8. The second-order valence-electron chi connectivity index (χ2n) is 5.33. The van der Waals surface area contributed by atoms with E-state index in [0.717, 1.165) is 16.5 Å². The van der Waals surface area contributed by atoms with Crippen LogP contribution in [-0.2, 0) is 16.2 Å². The number of para-hydroxylation sites is 1. The summed E-state index contributed by atoms with van der Waals surface area (Å²) in [5.41, 5.74) is 1.10. The SMILES string of the molecule is CC(C)(C)OC(=O)n1cc(CON)c2ccccc21. The Hall–Kier alpha value is -1.85. The summed E-state index contributed by atoms with van der Waals surface area (Å²) in [7, 11) is 0. The third kappa shape index (κ3) is 2.94. The van der Waals surface area contributed by atoms with Crippen LogP contribution in [0.4, 0.5) is 4.79 Å². The summed E-state index contributed by atoms with van der Waals surface area (Å²) < 4.78 is 6.86. The molecule has 2 rings (SSSR count). The quantitative estimate of drug-likeness (QED) is 0.845. The normalized spacial score (nSPS) is 11.8. The van der Waals surface area contributed by atoms with Crippen molar-refractivity contribution in [2.45, 2.75) is 33.0 Å². The Bertz CT molecular complexity index is 596. The van der Waals surface area contributed by atoms with Crippen LogP contribution in [0.3, 0.4) is 0 Å². The standard InChI is InChI=1S/C14H18N2O3/c1-14(2,3)19-13(17)16-8-10(9-18-15)11-6-4-5-7-12(11)16/h4-8H,9,15H2,1-3H3. The van der Waals surface area contributed by atoms with Gasteiger partial charge in [-0.3, -0.25) is 9.40 Å². The van der Waals surface area contributed by atoms with Gasteiger partial charge in [-0.25, -0.2) is 10.7 Å². The number of nitrogens with two attached hydrogens (primary N) is 1. The van der Waals surface area contributed by atoms with E-state index in [1.165, 1.54) is 4.57 Å². The minimum atomic E-state index is -0.535. The Kier molecular flexibility index (Phi) is 3.59. The third-order valence-electron chi connectivity index (χ3n) is 2.62. The van der Waals surface area contributed by atoms with Crippen LogP contribution in [0.1, 0.15) is 26.3 Å². The van der Waals surface area contributed by atoms with Crippen LogP contribution in [0, 0.1) is 0 Å². The van der Waals surface area contributed by atoms with Crippen LogP contribution in [0.25, 0.3) is 10.9 Å². The van der Waals surface area contributed by atoms with Gasteiger partial charge in [-0.1, -0.05) is 18.2 Å². The fourth-order valence-corrected chi connectivity index (χ4v) is 1.92. The fraction of sp³-hybridized carbons (Fsp3) is 0.357. The molecule has 0 aliphatic heterocycles. The van der Waals surface area contributed by atoms with Crippen molar-refractivity contribution in [2.75, 3.05) is 0 Å². The number of rotatable bonds is 2. The maximum absolute atomic E-state index is 12.2. The van der Waals surface area contributed by atoms with Gasteiger partial charge in [0.25, 0.3) is 0 Å². The van der Waals surface area contributed by atoms with E-state index in [1.807, 2.05) is 45.0 Å². The summed E-state index contributed by atoms with van der Waals surface area (Å²) >= 11 is 0. The highest BCUT2D eigenvalue weighted by atomic mass is 16.6. The molecular weight excluding hydrogens is 244 g/mol. The van der Waals surface area contributed by atoms with Gasteiger partial charge in [0.05, 0.1) is 12.1 Å². The van der Waals surface area contributed by atoms with Gasteiger partial charge < -0.3 is 4.74 Å². The Morgan fingerprint density at radius 3 is 2.63 bits per heavy atom. The van der Waals surface area contributed by atoms with Crippen molar-refractivity contribution in [3.63, 3.8) is 0 Å². The van der Waals surface area contributed by atoms with Crippen LogP contribution in [0.15, 0.2) is 30.5 Å². The Morgan fingerprint density at radius 2 is 2.00 bits per heavy atom. The van der Waals surface area contributed by atoms with Crippen molar-refractivity contribution in [2.24, 2.45) is 5.90 Å². The zero-order valence-corrected chi connectivity index (χ0v) is 11.3. The van der Waals surface area contributed by atoms with Crippen molar-refractivity contribution in [3.05, 3.63) is 36.0 Å². The number of hydrogen-bond acceptors (Lipinski definition) is 4. The van der Waals surface area contributed by atoms with Gasteiger partial charge in [-0.15, -0.1) is 0 Å². The summed E-state index contributed by atoms with van der Waals surface area (Å²) in [6, 6.07) is 7.56. The van der Waals surface area contributed by atoms with Crippen molar-refractivity contribution in [3.8, 4) is 0 Å². The van der Waals surface area contributed by atoms with Gasteiger partial charge >= 0.3 is 6.09 Å². The van der Waals surface area contributed by atoms with Crippen molar-refractivity contribution < 1.29 is 14.4 Å². The monoisotopic (exact) mass is 262 g/mol. The molecule has 0 spiro atoms. The molecule has 0 fully saturated rings. The zero-order valence-electron chi connectivity index (χ0n) is 11.3. The number of benzene rings is 1. The lowest BCUT2D eigenvalue weighted by Gasteiger charge is -2.19. The second kappa shape index (κ2) is 5.03. The highest BCUT2D eigenvalue weighted by molar-refractivity contribution is 5.91. The van der Waals surface area contributed by atoms with E-state index in [9.17, 15) is 4.79 Å². The van der Waals surface area contributed by atoms with Gasteiger partial charge in [0.15, 0.2) is 0 Å². The lowest BCUT2D eigenvalue weighted by atomic mass is 10.2. The first kappa shape index (κ1) is 13.6. The van der Waals surface area contributed by atoms with Gasteiger partial charge in [0.1, 0.15) is 5.60 Å². The maximum atomic E-state index is 12.2. The van der Waals surface area contributed by atoms with E-state index in [0.29, 0.717) is 0 Å². The molecule has 5 nitrogen and oxygen atoms in total. The van der Waals surface area contributed by atoms with E-state index >= 15 is 0 Å². The molecule has 0 aliphatic rings. The van der Waals surface area contributed by atoms with E-state index in [2.05, 4.69) is 4.84 Å². The summed E-state index contributed by atoms with van der Waals surface area (Å²) in [6.45, 7) is 5.75. The predicted octanol–water partition coefficient (Wildman–Crippen LogP) is 2.81. The van der Waals surface area contributed by atoms with Crippen molar-refractivity contribution in [1.29, 1.82) is 0 Å². The Morgan fingerprint density at radius 1 is 1.32 bits per heavy atom. The number of carbonyl (C=O) groups excluding carboxylic acids is 1. The highest BCUT2D eigenvalue weighted by Crippen LogP contribution is 2.23. The van der Waals surface area contributed by atoms with E-state index in [4.69, 9.17) is 10.6 Å². The van der Waals surface area contributed by atoms with Crippen LogP contribution in [0.5, 0.6) is 0 Å². The fourth-order valence-electron chi connectivity index (χ4n) is 1.92. The largest absolute Gasteiger partial charge is 0.443 e.